The number of aryl methyl sites for hydroxylation is 2. The van der Waals surface area contributed by atoms with Crippen molar-refractivity contribution in [2.45, 2.75) is 52.9 Å². The van der Waals surface area contributed by atoms with Crippen molar-refractivity contribution < 1.29 is 17.7 Å². The maximum Gasteiger partial charge on any atom is 0.295 e. The van der Waals surface area contributed by atoms with E-state index in [4.69, 9.17) is 9.73 Å². The lowest BCUT2D eigenvalue weighted by molar-refractivity contribution is 0.327. The summed E-state index contributed by atoms with van der Waals surface area (Å²) < 4.78 is 41.3. The van der Waals surface area contributed by atoms with Gasteiger partial charge in [-0.3, -0.25) is 9.55 Å². The van der Waals surface area contributed by atoms with Crippen molar-refractivity contribution in [3.8, 4) is 0 Å². The van der Waals surface area contributed by atoms with Gasteiger partial charge in [-0.2, -0.15) is 8.42 Å². The van der Waals surface area contributed by atoms with Crippen molar-refractivity contribution in [3.63, 3.8) is 0 Å². The van der Waals surface area contributed by atoms with Crippen LogP contribution in [0.4, 0.5) is 5.69 Å². The van der Waals surface area contributed by atoms with Crippen LogP contribution in [0.15, 0.2) is 153 Å². The van der Waals surface area contributed by atoms with Gasteiger partial charge in [-0.25, -0.2) is 0 Å². The Morgan fingerprint density at radius 2 is 1.69 bits per heavy atom. The molecule has 2 aromatic rings. The van der Waals surface area contributed by atoms with Crippen molar-refractivity contribution in [2.75, 3.05) is 0 Å². The van der Waals surface area contributed by atoms with Gasteiger partial charge in [-0.05, 0) is 101 Å². The second-order valence-electron chi connectivity index (χ2n) is 11.2. The molecule has 0 fully saturated rings. The predicted molar refractivity (Wildman–Crippen MR) is 186 cm³/mol. The summed E-state index contributed by atoms with van der Waals surface area (Å²) in [6.45, 7) is 20.3. The minimum absolute atomic E-state index is 0.231. The van der Waals surface area contributed by atoms with Crippen molar-refractivity contribution in [1.82, 2.24) is 5.32 Å². The Kier molecular flexibility index (Phi) is 10.3. The quantitative estimate of drug-likeness (QED) is 0.227. The molecule has 0 atom stereocenters. The molecular formula is C38H40N2O4S. The lowest BCUT2D eigenvalue weighted by atomic mass is 9.88. The Balaban J connectivity index is 1.90. The van der Waals surface area contributed by atoms with Crippen molar-refractivity contribution in [2.24, 2.45) is 4.99 Å². The first-order valence-corrected chi connectivity index (χ1v) is 16.1. The summed E-state index contributed by atoms with van der Waals surface area (Å²) in [6, 6.07) is 12.3. The molecular weight excluding hydrogens is 580 g/mol. The largest absolute Gasteiger partial charge is 0.457 e. The van der Waals surface area contributed by atoms with E-state index in [9.17, 15) is 13.0 Å². The summed E-state index contributed by atoms with van der Waals surface area (Å²) in [7, 11) is -4.57. The molecule has 4 rings (SSSR count). The first kappa shape index (κ1) is 33.2. The second kappa shape index (κ2) is 13.9. The van der Waals surface area contributed by atoms with E-state index in [2.05, 4.69) is 50.6 Å². The van der Waals surface area contributed by atoms with Crippen LogP contribution >= 0.6 is 0 Å². The van der Waals surface area contributed by atoms with Crippen LogP contribution in [0.2, 0.25) is 0 Å². The van der Waals surface area contributed by atoms with E-state index in [1.807, 2.05) is 64.1 Å². The third kappa shape index (κ3) is 7.87. The summed E-state index contributed by atoms with van der Waals surface area (Å²) in [5.41, 5.74) is 9.77. The van der Waals surface area contributed by atoms with Gasteiger partial charge in [0.05, 0.1) is 5.69 Å². The van der Waals surface area contributed by atoms with Crippen LogP contribution in [0.1, 0.15) is 50.8 Å². The summed E-state index contributed by atoms with van der Waals surface area (Å²) in [5, 5.41) is 3.50. The van der Waals surface area contributed by atoms with E-state index < -0.39 is 10.1 Å². The predicted octanol–water partition coefficient (Wildman–Crippen LogP) is 9.31. The standard InChI is InChI=1S/C38H40N2O4S/c1-24-14-9-10-15-25(2)37(24)39-28(5)20-22-32-30(7)44-31(8)33(36(32)34-18-11-12-19-35(34)45(41,42)43)23-21-29(6)40-38-26(3)16-13-17-27(38)4/h9,11-23,39H,7-8,10H2,1-6H3,(H,41,42,43). The topological polar surface area (TPSA) is 88.0 Å². The zero-order valence-electron chi connectivity index (χ0n) is 26.7. The number of nitrogens with one attached hydrogen (secondary N) is 1. The third-order valence-corrected chi connectivity index (χ3v) is 8.49. The average Bonchev–Trinajstić information content (AvgIpc) is 3.13. The number of para-hydroxylation sites is 1. The highest BCUT2D eigenvalue weighted by Gasteiger charge is 2.28. The highest BCUT2D eigenvalue weighted by Crippen LogP contribution is 2.42. The van der Waals surface area contributed by atoms with Gasteiger partial charge in [0.15, 0.2) is 0 Å². The van der Waals surface area contributed by atoms with Crippen LogP contribution in [0.5, 0.6) is 0 Å². The number of hydrogen-bond donors (Lipinski definition) is 2. The first-order valence-electron chi connectivity index (χ1n) is 14.7. The van der Waals surface area contributed by atoms with Crippen LogP contribution in [0, 0.1) is 13.8 Å². The number of hydrogen-bond acceptors (Lipinski definition) is 5. The van der Waals surface area contributed by atoms with Crippen LogP contribution in [-0.2, 0) is 14.9 Å². The highest BCUT2D eigenvalue weighted by atomic mass is 32.2. The molecule has 0 saturated carbocycles. The second-order valence-corrected chi connectivity index (χ2v) is 12.6. The Labute approximate surface area is 267 Å². The molecule has 6 nitrogen and oxygen atoms in total. The van der Waals surface area contributed by atoms with Gasteiger partial charge in [0.25, 0.3) is 10.1 Å². The highest BCUT2D eigenvalue weighted by molar-refractivity contribution is 7.86. The minimum Gasteiger partial charge on any atom is -0.457 e. The molecule has 0 bridgehead atoms. The number of aliphatic imine (C=N–C) groups is 1. The summed E-state index contributed by atoms with van der Waals surface area (Å²) in [6.07, 6.45) is 14.6. The van der Waals surface area contributed by atoms with E-state index in [0.29, 0.717) is 33.8 Å². The Hall–Kier alpha value is -4.72. The normalized spacial score (nSPS) is 17.7. The molecule has 0 amide bonds. The van der Waals surface area contributed by atoms with Gasteiger partial charge < -0.3 is 10.1 Å². The van der Waals surface area contributed by atoms with Crippen LogP contribution in [0.25, 0.3) is 5.57 Å². The summed E-state index contributed by atoms with van der Waals surface area (Å²) >= 11 is 0. The summed E-state index contributed by atoms with van der Waals surface area (Å²) in [5.74, 6) is 0.588. The number of allylic oxidation sites excluding steroid dienone is 11. The molecule has 0 radical (unpaired) electrons. The maximum absolute atomic E-state index is 12.5. The molecule has 0 spiro atoms. The van der Waals surface area contributed by atoms with Crippen LogP contribution in [0.3, 0.4) is 0 Å². The number of rotatable bonds is 8. The SMILES string of the molecule is C=C1OC(=C)C(C=CC(C)=Nc2c(C)cccc2C)=C(c2ccccc2S(=O)(=O)O)C1=CC=C(C)NC1=C(C)C=CCC=C1C. The monoisotopic (exact) mass is 620 g/mol. The molecule has 2 aromatic carbocycles. The Morgan fingerprint density at radius 3 is 2.38 bits per heavy atom. The first-order chi connectivity index (χ1) is 21.3. The van der Waals surface area contributed by atoms with Gasteiger partial charge in [-0.15, -0.1) is 0 Å². The molecule has 0 aromatic heterocycles. The van der Waals surface area contributed by atoms with E-state index >= 15 is 0 Å². The van der Waals surface area contributed by atoms with Gasteiger partial charge >= 0.3 is 0 Å². The van der Waals surface area contributed by atoms with Crippen molar-refractivity contribution >= 4 is 27.1 Å². The van der Waals surface area contributed by atoms with E-state index in [1.54, 1.807) is 24.3 Å². The van der Waals surface area contributed by atoms with Gasteiger partial charge in [-0.1, -0.05) is 67.8 Å². The molecule has 1 aliphatic heterocycles. The van der Waals surface area contributed by atoms with Gasteiger partial charge in [0, 0.05) is 39.4 Å². The zero-order chi connectivity index (χ0) is 32.9. The lowest BCUT2D eigenvalue weighted by Crippen LogP contribution is -2.14. The molecule has 0 saturated heterocycles. The van der Waals surface area contributed by atoms with Crippen LogP contribution < -0.4 is 5.32 Å². The molecule has 1 heterocycles. The third-order valence-electron chi connectivity index (χ3n) is 7.58. The van der Waals surface area contributed by atoms with Crippen molar-refractivity contribution in [3.05, 3.63) is 160 Å². The minimum atomic E-state index is -4.57. The van der Waals surface area contributed by atoms with E-state index in [1.165, 1.54) is 6.07 Å². The fraction of sp³-hybridized carbons (Fsp3) is 0.184. The molecule has 0 unspecified atom stereocenters. The Morgan fingerprint density at radius 1 is 1.00 bits per heavy atom. The fourth-order valence-electron chi connectivity index (χ4n) is 5.25. The number of ether oxygens (including phenoxy) is 1. The molecule has 45 heavy (non-hydrogen) atoms. The van der Waals surface area contributed by atoms with Gasteiger partial charge in [0.1, 0.15) is 16.4 Å². The molecule has 232 valence electrons. The van der Waals surface area contributed by atoms with E-state index in [0.717, 1.165) is 51.5 Å². The lowest BCUT2D eigenvalue weighted by Gasteiger charge is -2.27. The van der Waals surface area contributed by atoms with E-state index in [-0.39, 0.29) is 4.90 Å². The van der Waals surface area contributed by atoms with Gasteiger partial charge in [0.2, 0.25) is 0 Å². The summed E-state index contributed by atoms with van der Waals surface area (Å²) in [4.78, 5) is 4.60. The molecule has 7 heteroatoms. The molecule has 1 aliphatic carbocycles. The van der Waals surface area contributed by atoms with Crippen molar-refractivity contribution in [1.29, 1.82) is 0 Å². The number of nitrogens with zero attached hydrogens (tertiary/aromatic N) is 1. The maximum atomic E-state index is 12.5. The number of benzene rings is 2. The zero-order valence-corrected chi connectivity index (χ0v) is 27.5. The average molecular weight is 621 g/mol. The van der Waals surface area contributed by atoms with Crippen LogP contribution in [-0.4, -0.2) is 18.7 Å². The smallest absolute Gasteiger partial charge is 0.295 e. The molecule has 2 N–H and O–H groups in total. The fourth-order valence-corrected chi connectivity index (χ4v) is 5.95. The Bertz CT molecular complexity index is 1910. The molecule has 2 aliphatic rings.